The summed E-state index contributed by atoms with van der Waals surface area (Å²) in [5, 5.41) is 8.50. The first-order valence-electron chi connectivity index (χ1n) is 7.39. The molecule has 110 valence electrons. The monoisotopic (exact) mass is 277 g/mol. The smallest absolute Gasteiger partial charge is 0.151 e. The Kier molecular flexibility index (Phi) is 3.89. The van der Waals surface area contributed by atoms with Crippen molar-refractivity contribution in [3.05, 3.63) is 17.8 Å². The molecule has 0 radical (unpaired) electrons. The molecule has 3 rings (SSSR count). The third-order valence-electron chi connectivity index (χ3n) is 4.53. The van der Waals surface area contributed by atoms with Gasteiger partial charge in [-0.05, 0) is 38.3 Å². The van der Waals surface area contributed by atoms with E-state index < -0.39 is 0 Å². The molecular formula is C15H23N3O2. The topological polar surface area (TPSA) is 47.5 Å². The van der Waals surface area contributed by atoms with Crippen LogP contribution in [0.3, 0.4) is 0 Å². The molecule has 3 heterocycles. The van der Waals surface area contributed by atoms with Crippen molar-refractivity contribution in [1.29, 1.82) is 0 Å². The third kappa shape index (κ3) is 2.52. The Labute approximate surface area is 120 Å². The molecule has 0 unspecified atom stereocenters. The van der Waals surface area contributed by atoms with E-state index in [1.165, 1.54) is 6.42 Å². The molecule has 2 aliphatic heterocycles. The SMILES string of the molecule is COC[C@]12CCCO[C@@H]1CCN(c1ccc(C)nn1)C2. The molecule has 2 fully saturated rings. The number of aryl methyl sites for hydroxylation is 1. The van der Waals surface area contributed by atoms with Gasteiger partial charge in [0, 0.05) is 32.2 Å². The minimum Gasteiger partial charge on any atom is -0.384 e. The van der Waals surface area contributed by atoms with E-state index in [0.717, 1.165) is 50.7 Å². The Hall–Kier alpha value is -1.20. The van der Waals surface area contributed by atoms with Crippen molar-refractivity contribution >= 4 is 5.82 Å². The normalized spacial score (nSPS) is 30.1. The molecule has 0 spiro atoms. The highest BCUT2D eigenvalue weighted by Crippen LogP contribution is 2.41. The van der Waals surface area contributed by atoms with Gasteiger partial charge in [-0.3, -0.25) is 0 Å². The van der Waals surface area contributed by atoms with E-state index in [1.807, 2.05) is 13.0 Å². The van der Waals surface area contributed by atoms with Gasteiger partial charge in [0.05, 0.1) is 18.4 Å². The van der Waals surface area contributed by atoms with E-state index in [-0.39, 0.29) is 5.41 Å². The maximum absolute atomic E-state index is 6.00. The molecule has 0 saturated carbocycles. The van der Waals surface area contributed by atoms with Gasteiger partial charge in [0.2, 0.25) is 0 Å². The van der Waals surface area contributed by atoms with E-state index in [2.05, 4.69) is 21.2 Å². The standard InChI is InChI=1S/C15H23N3O2/c1-12-4-5-14(17-16-12)18-8-6-13-15(10-18,11-19-2)7-3-9-20-13/h4-5,13H,3,6-11H2,1-2H3/t13-,15-/m1/s1. The van der Waals surface area contributed by atoms with Crippen LogP contribution in [0.5, 0.6) is 0 Å². The van der Waals surface area contributed by atoms with Crippen LogP contribution in [-0.2, 0) is 9.47 Å². The molecule has 0 bridgehead atoms. The molecule has 0 amide bonds. The predicted octanol–water partition coefficient (Wildman–Crippen LogP) is 1.81. The van der Waals surface area contributed by atoms with Crippen LogP contribution in [0.1, 0.15) is 25.0 Å². The zero-order valence-corrected chi connectivity index (χ0v) is 12.3. The first-order chi connectivity index (χ1) is 9.73. The summed E-state index contributed by atoms with van der Waals surface area (Å²) in [6.07, 6.45) is 3.65. The average Bonchev–Trinajstić information content (AvgIpc) is 2.47. The first kappa shape index (κ1) is 13.8. The summed E-state index contributed by atoms with van der Waals surface area (Å²) in [6.45, 7) is 5.54. The molecule has 0 N–H and O–H groups in total. The molecule has 1 aromatic heterocycles. The Morgan fingerprint density at radius 1 is 1.45 bits per heavy atom. The van der Waals surface area contributed by atoms with Crippen LogP contribution in [0.4, 0.5) is 5.82 Å². The van der Waals surface area contributed by atoms with Crippen LogP contribution in [0, 0.1) is 12.3 Å². The number of anilines is 1. The van der Waals surface area contributed by atoms with Crippen LogP contribution in [0.25, 0.3) is 0 Å². The van der Waals surface area contributed by atoms with Gasteiger partial charge in [-0.1, -0.05) is 0 Å². The van der Waals surface area contributed by atoms with Crippen LogP contribution < -0.4 is 4.90 Å². The lowest BCUT2D eigenvalue weighted by Gasteiger charge is -2.50. The number of hydrogen-bond acceptors (Lipinski definition) is 5. The van der Waals surface area contributed by atoms with Crippen LogP contribution >= 0.6 is 0 Å². The number of hydrogen-bond donors (Lipinski definition) is 0. The molecule has 5 nitrogen and oxygen atoms in total. The number of aromatic nitrogens is 2. The van der Waals surface area contributed by atoms with Crippen molar-refractivity contribution in [3.63, 3.8) is 0 Å². The largest absolute Gasteiger partial charge is 0.384 e. The second kappa shape index (κ2) is 5.66. The molecule has 2 atom stereocenters. The van der Waals surface area contributed by atoms with Gasteiger partial charge in [-0.15, -0.1) is 5.10 Å². The van der Waals surface area contributed by atoms with E-state index in [1.54, 1.807) is 7.11 Å². The fourth-order valence-electron chi connectivity index (χ4n) is 3.54. The van der Waals surface area contributed by atoms with Gasteiger partial charge in [-0.25, -0.2) is 0 Å². The molecule has 20 heavy (non-hydrogen) atoms. The third-order valence-corrected chi connectivity index (χ3v) is 4.53. The number of methoxy groups -OCH3 is 1. The van der Waals surface area contributed by atoms with Gasteiger partial charge in [0.1, 0.15) is 0 Å². The van der Waals surface area contributed by atoms with Gasteiger partial charge in [0.15, 0.2) is 5.82 Å². The number of nitrogens with zero attached hydrogens (tertiary/aromatic N) is 3. The van der Waals surface area contributed by atoms with E-state index in [0.29, 0.717) is 6.10 Å². The van der Waals surface area contributed by atoms with Crippen molar-refractivity contribution in [3.8, 4) is 0 Å². The van der Waals surface area contributed by atoms with Crippen molar-refractivity contribution in [2.75, 3.05) is 38.3 Å². The average molecular weight is 277 g/mol. The summed E-state index contributed by atoms with van der Waals surface area (Å²) in [5.74, 6) is 0.968. The minimum atomic E-state index is 0.109. The zero-order valence-electron chi connectivity index (χ0n) is 12.3. The minimum absolute atomic E-state index is 0.109. The van der Waals surface area contributed by atoms with Crippen molar-refractivity contribution in [1.82, 2.24) is 10.2 Å². The van der Waals surface area contributed by atoms with Gasteiger partial charge >= 0.3 is 0 Å². The summed E-state index contributed by atoms with van der Waals surface area (Å²) in [4.78, 5) is 2.33. The Morgan fingerprint density at radius 3 is 3.10 bits per heavy atom. The van der Waals surface area contributed by atoms with E-state index >= 15 is 0 Å². The second-order valence-electron chi connectivity index (χ2n) is 6.00. The maximum Gasteiger partial charge on any atom is 0.151 e. The quantitative estimate of drug-likeness (QED) is 0.843. The number of fused-ring (bicyclic) bond motifs is 1. The molecule has 1 aromatic rings. The Bertz CT molecular complexity index is 447. The Balaban J connectivity index is 1.80. The lowest BCUT2D eigenvalue weighted by atomic mass is 9.73. The number of ether oxygens (including phenoxy) is 2. The predicted molar refractivity (Wildman–Crippen MR) is 76.9 cm³/mol. The van der Waals surface area contributed by atoms with E-state index in [9.17, 15) is 0 Å². The summed E-state index contributed by atoms with van der Waals surface area (Å²) >= 11 is 0. The molecule has 0 aliphatic carbocycles. The van der Waals surface area contributed by atoms with Crippen molar-refractivity contribution in [2.24, 2.45) is 5.41 Å². The molecule has 0 aromatic carbocycles. The lowest BCUT2D eigenvalue weighted by Crippen LogP contribution is -2.57. The lowest BCUT2D eigenvalue weighted by molar-refractivity contribution is -0.119. The summed E-state index contributed by atoms with van der Waals surface area (Å²) in [5.41, 5.74) is 1.06. The highest BCUT2D eigenvalue weighted by atomic mass is 16.5. The van der Waals surface area contributed by atoms with Gasteiger partial charge in [-0.2, -0.15) is 5.10 Å². The summed E-state index contributed by atoms with van der Waals surface area (Å²) < 4.78 is 11.5. The van der Waals surface area contributed by atoms with Gasteiger partial charge in [0.25, 0.3) is 0 Å². The van der Waals surface area contributed by atoms with Crippen LogP contribution in [0.15, 0.2) is 12.1 Å². The van der Waals surface area contributed by atoms with Crippen LogP contribution in [0.2, 0.25) is 0 Å². The molecule has 2 aliphatic rings. The number of piperidine rings is 1. The highest BCUT2D eigenvalue weighted by Gasteiger charge is 2.46. The highest BCUT2D eigenvalue weighted by molar-refractivity contribution is 5.39. The maximum atomic E-state index is 6.00. The van der Waals surface area contributed by atoms with Gasteiger partial charge < -0.3 is 14.4 Å². The summed E-state index contributed by atoms with van der Waals surface area (Å²) in [6, 6.07) is 4.08. The second-order valence-corrected chi connectivity index (χ2v) is 6.00. The van der Waals surface area contributed by atoms with Crippen molar-refractivity contribution < 1.29 is 9.47 Å². The first-order valence-corrected chi connectivity index (χ1v) is 7.39. The molecular weight excluding hydrogens is 254 g/mol. The number of rotatable bonds is 3. The fourth-order valence-corrected chi connectivity index (χ4v) is 3.54. The zero-order chi connectivity index (χ0) is 14.0. The fraction of sp³-hybridized carbons (Fsp3) is 0.733. The Morgan fingerprint density at radius 2 is 2.35 bits per heavy atom. The van der Waals surface area contributed by atoms with Crippen molar-refractivity contribution in [2.45, 2.75) is 32.3 Å². The summed E-state index contributed by atoms with van der Waals surface area (Å²) in [7, 11) is 1.78. The molecule has 2 saturated heterocycles. The van der Waals surface area contributed by atoms with Crippen LogP contribution in [-0.4, -0.2) is 49.7 Å². The molecule has 5 heteroatoms. The van der Waals surface area contributed by atoms with E-state index in [4.69, 9.17) is 9.47 Å².